The Labute approximate surface area is 157 Å². The molecule has 0 aromatic heterocycles. The molecule has 3 amide bonds. The smallest absolute Gasteiger partial charge is 0.319 e. The molecule has 7 heteroatoms. The summed E-state index contributed by atoms with van der Waals surface area (Å²) in [5.41, 5.74) is 2.30. The summed E-state index contributed by atoms with van der Waals surface area (Å²) >= 11 is 6.07. The van der Waals surface area contributed by atoms with Crippen molar-refractivity contribution in [2.75, 3.05) is 23.9 Å². The minimum atomic E-state index is -0.366. The van der Waals surface area contributed by atoms with Gasteiger partial charge in [-0.1, -0.05) is 23.7 Å². The van der Waals surface area contributed by atoms with Gasteiger partial charge in [0.25, 0.3) is 0 Å². The number of nitrogens with zero attached hydrogens (tertiary/aromatic N) is 1. The predicted molar refractivity (Wildman–Crippen MR) is 102 cm³/mol. The highest BCUT2D eigenvalue weighted by atomic mass is 35.5. The molecule has 2 N–H and O–H groups in total. The maximum absolute atomic E-state index is 12.3. The predicted octanol–water partition coefficient (Wildman–Crippen LogP) is 3.58. The van der Waals surface area contributed by atoms with Crippen LogP contribution in [0.1, 0.15) is 12.0 Å². The zero-order valence-corrected chi connectivity index (χ0v) is 15.3. The second kappa shape index (κ2) is 7.66. The number of amides is 3. The summed E-state index contributed by atoms with van der Waals surface area (Å²) in [6.45, 7) is 2.30. The summed E-state index contributed by atoms with van der Waals surface area (Å²) < 4.78 is 5.20. The fraction of sp³-hybridized carbons (Fsp3) is 0.263. The molecule has 1 aliphatic heterocycles. The van der Waals surface area contributed by atoms with E-state index in [-0.39, 0.29) is 24.4 Å². The second-order valence-corrected chi connectivity index (χ2v) is 6.58. The van der Waals surface area contributed by atoms with Gasteiger partial charge in [-0.25, -0.2) is 4.79 Å². The Morgan fingerprint density at radius 2 is 2.08 bits per heavy atom. The number of carbonyl (C=O) groups is 2. The van der Waals surface area contributed by atoms with Crippen LogP contribution in [0, 0.1) is 6.92 Å². The van der Waals surface area contributed by atoms with E-state index < -0.39 is 0 Å². The van der Waals surface area contributed by atoms with Gasteiger partial charge < -0.3 is 20.3 Å². The third kappa shape index (κ3) is 4.08. The lowest BCUT2D eigenvalue weighted by Crippen LogP contribution is -2.39. The number of urea groups is 1. The molecule has 26 heavy (non-hydrogen) atoms. The van der Waals surface area contributed by atoms with Crippen molar-refractivity contribution in [3.8, 4) is 5.75 Å². The standard InChI is InChI=1S/C19H20ClN3O3/c1-12-6-7-13(8-17(12)20)21-19(25)22-14-9-18(24)23(11-14)15-4-3-5-16(10-15)26-2/h3-8,10,14H,9,11H2,1-2H3,(H2,21,22,25)/t14-/m1/s1. The van der Waals surface area contributed by atoms with Crippen molar-refractivity contribution in [2.24, 2.45) is 0 Å². The number of aryl methyl sites for hydroxylation is 1. The SMILES string of the molecule is COc1cccc(N2C[C@H](NC(=O)Nc3ccc(C)c(Cl)c3)CC2=O)c1. The molecule has 136 valence electrons. The number of rotatable bonds is 4. The van der Waals surface area contributed by atoms with E-state index in [2.05, 4.69) is 10.6 Å². The van der Waals surface area contributed by atoms with E-state index in [1.165, 1.54) is 0 Å². The third-order valence-corrected chi connectivity index (χ3v) is 4.66. The summed E-state index contributed by atoms with van der Waals surface area (Å²) in [5.74, 6) is 0.641. The molecular weight excluding hydrogens is 354 g/mol. The lowest BCUT2D eigenvalue weighted by atomic mass is 10.2. The number of methoxy groups -OCH3 is 1. The van der Waals surface area contributed by atoms with Crippen molar-refractivity contribution >= 4 is 34.9 Å². The first-order valence-electron chi connectivity index (χ1n) is 8.24. The number of carbonyl (C=O) groups excluding carboxylic acids is 2. The molecule has 0 bridgehead atoms. The van der Waals surface area contributed by atoms with Gasteiger partial charge in [-0.2, -0.15) is 0 Å². The number of nitrogens with one attached hydrogen (secondary N) is 2. The number of benzene rings is 2. The normalized spacial score (nSPS) is 16.5. The van der Waals surface area contributed by atoms with Crippen LogP contribution in [-0.2, 0) is 4.79 Å². The number of anilines is 2. The first-order chi connectivity index (χ1) is 12.5. The lowest BCUT2D eigenvalue weighted by Gasteiger charge is -2.18. The molecule has 0 spiro atoms. The van der Waals surface area contributed by atoms with Crippen molar-refractivity contribution < 1.29 is 14.3 Å². The molecule has 0 saturated carbocycles. The van der Waals surface area contributed by atoms with Crippen LogP contribution in [0.15, 0.2) is 42.5 Å². The highest BCUT2D eigenvalue weighted by Crippen LogP contribution is 2.25. The number of hydrogen-bond acceptors (Lipinski definition) is 3. The number of halogens is 1. The molecule has 6 nitrogen and oxygen atoms in total. The second-order valence-electron chi connectivity index (χ2n) is 6.17. The van der Waals surface area contributed by atoms with Gasteiger partial charge in [0.15, 0.2) is 0 Å². The fourth-order valence-electron chi connectivity index (χ4n) is 2.86. The Hall–Kier alpha value is -2.73. The Kier molecular flexibility index (Phi) is 5.32. The van der Waals surface area contributed by atoms with Gasteiger partial charge in [0.05, 0.1) is 13.2 Å². The van der Waals surface area contributed by atoms with E-state index in [4.69, 9.17) is 16.3 Å². The van der Waals surface area contributed by atoms with Crippen LogP contribution in [0.2, 0.25) is 5.02 Å². The van der Waals surface area contributed by atoms with E-state index in [9.17, 15) is 9.59 Å². The molecule has 0 radical (unpaired) electrons. The van der Waals surface area contributed by atoms with Gasteiger partial charge in [0.2, 0.25) is 5.91 Å². The maximum Gasteiger partial charge on any atom is 0.319 e. The number of hydrogen-bond donors (Lipinski definition) is 2. The van der Waals surface area contributed by atoms with E-state index in [1.54, 1.807) is 30.2 Å². The van der Waals surface area contributed by atoms with E-state index in [0.29, 0.717) is 23.0 Å². The minimum Gasteiger partial charge on any atom is -0.497 e. The maximum atomic E-state index is 12.3. The fourth-order valence-corrected chi connectivity index (χ4v) is 3.04. The molecule has 3 rings (SSSR count). The molecule has 1 atom stereocenters. The summed E-state index contributed by atoms with van der Waals surface area (Å²) in [7, 11) is 1.58. The summed E-state index contributed by atoms with van der Waals surface area (Å²) in [6.07, 6.45) is 0.249. The summed E-state index contributed by atoms with van der Waals surface area (Å²) in [6, 6.07) is 12.0. The van der Waals surface area contributed by atoms with Crippen molar-refractivity contribution in [1.82, 2.24) is 5.32 Å². The quantitative estimate of drug-likeness (QED) is 0.860. The third-order valence-electron chi connectivity index (χ3n) is 4.25. The average Bonchev–Trinajstić information content (AvgIpc) is 2.98. The first-order valence-corrected chi connectivity index (χ1v) is 8.62. The van der Waals surface area contributed by atoms with Gasteiger partial charge >= 0.3 is 6.03 Å². The van der Waals surface area contributed by atoms with Crippen LogP contribution in [-0.4, -0.2) is 31.6 Å². The average molecular weight is 374 g/mol. The molecular formula is C19H20ClN3O3. The van der Waals surface area contributed by atoms with Gasteiger partial charge in [0, 0.05) is 35.4 Å². The zero-order valence-electron chi connectivity index (χ0n) is 14.6. The molecule has 1 fully saturated rings. The lowest BCUT2D eigenvalue weighted by molar-refractivity contribution is -0.117. The van der Waals surface area contributed by atoms with Gasteiger partial charge in [-0.3, -0.25) is 4.79 Å². The van der Waals surface area contributed by atoms with Crippen LogP contribution in [0.3, 0.4) is 0 Å². The number of ether oxygens (including phenoxy) is 1. The van der Waals surface area contributed by atoms with E-state index >= 15 is 0 Å². The highest BCUT2D eigenvalue weighted by molar-refractivity contribution is 6.31. The van der Waals surface area contributed by atoms with E-state index in [0.717, 1.165) is 11.3 Å². The van der Waals surface area contributed by atoms with Crippen LogP contribution in [0.5, 0.6) is 5.75 Å². The molecule has 0 unspecified atom stereocenters. The Morgan fingerprint density at radius 1 is 1.27 bits per heavy atom. The zero-order chi connectivity index (χ0) is 18.7. The molecule has 1 aliphatic rings. The van der Waals surface area contributed by atoms with Crippen molar-refractivity contribution in [1.29, 1.82) is 0 Å². The van der Waals surface area contributed by atoms with Gasteiger partial charge in [-0.05, 0) is 36.8 Å². The minimum absolute atomic E-state index is 0.0399. The molecule has 0 aliphatic carbocycles. The van der Waals surface area contributed by atoms with Crippen molar-refractivity contribution in [3.05, 3.63) is 53.1 Å². The van der Waals surface area contributed by atoms with Crippen molar-refractivity contribution in [3.63, 3.8) is 0 Å². The Bertz CT molecular complexity index is 841. The largest absolute Gasteiger partial charge is 0.497 e. The molecule has 1 heterocycles. The van der Waals surface area contributed by atoms with Crippen LogP contribution < -0.4 is 20.3 Å². The van der Waals surface area contributed by atoms with E-state index in [1.807, 2.05) is 31.2 Å². The van der Waals surface area contributed by atoms with Crippen LogP contribution in [0.4, 0.5) is 16.2 Å². The topological polar surface area (TPSA) is 70.7 Å². The first kappa shape index (κ1) is 18.1. The van der Waals surface area contributed by atoms with Crippen LogP contribution in [0.25, 0.3) is 0 Å². The molecule has 2 aromatic carbocycles. The Balaban J connectivity index is 1.61. The summed E-state index contributed by atoms with van der Waals surface area (Å²) in [4.78, 5) is 26.2. The molecule has 2 aromatic rings. The van der Waals surface area contributed by atoms with Crippen LogP contribution >= 0.6 is 11.6 Å². The summed E-state index contributed by atoms with van der Waals surface area (Å²) in [5, 5.41) is 6.16. The Morgan fingerprint density at radius 3 is 2.81 bits per heavy atom. The monoisotopic (exact) mass is 373 g/mol. The molecule has 1 saturated heterocycles. The van der Waals surface area contributed by atoms with Gasteiger partial charge in [0.1, 0.15) is 5.75 Å². The highest BCUT2D eigenvalue weighted by Gasteiger charge is 2.31. The van der Waals surface area contributed by atoms with Gasteiger partial charge in [-0.15, -0.1) is 0 Å². The van der Waals surface area contributed by atoms with Crippen molar-refractivity contribution in [2.45, 2.75) is 19.4 Å².